The average molecular weight is 310 g/mol. The van der Waals surface area contributed by atoms with Gasteiger partial charge in [-0.05, 0) is 30.8 Å². The van der Waals surface area contributed by atoms with Crippen LogP contribution in [-0.2, 0) is 11.3 Å². The number of guanidine groups is 1. The Hall–Kier alpha value is -1.11. The van der Waals surface area contributed by atoms with E-state index < -0.39 is 0 Å². The second kappa shape index (κ2) is 9.02. The zero-order valence-corrected chi connectivity index (χ0v) is 13.8. The first-order valence-electron chi connectivity index (χ1n) is 7.53. The Morgan fingerprint density at radius 3 is 3.14 bits per heavy atom. The third-order valence-electron chi connectivity index (χ3n) is 3.82. The molecule has 1 atom stereocenters. The van der Waals surface area contributed by atoms with Gasteiger partial charge in [0.2, 0.25) is 0 Å². The third-order valence-corrected chi connectivity index (χ3v) is 4.70. The zero-order valence-electron chi connectivity index (χ0n) is 13.0. The first kappa shape index (κ1) is 16.3. The highest BCUT2D eigenvalue weighted by atomic mass is 32.1. The van der Waals surface area contributed by atoms with Crippen molar-refractivity contribution in [1.82, 2.24) is 15.5 Å². The third kappa shape index (κ3) is 5.30. The number of hydrogen-bond donors (Lipinski definition) is 2. The summed E-state index contributed by atoms with van der Waals surface area (Å²) < 4.78 is 5.18. The quantitative estimate of drug-likeness (QED) is 0.592. The molecular weight excluding hydrogens is 284 g/mol. The fourth-order valence-electron chi connectivity index (χ4n) is 2.65. The summed E-state index contributed by atoms with van der Waals surface area (Å²) in [5.74, 6) is 0.877. The van der Waals surface area contributed by atoms with Crippen molar-refractivity contribution in [3.8, 4) is 0 Å². The second-order valence-electron chi connectivity index (χ2n) is 5.21. The highest BCUT2D eigenvalue weighted by Gasteiger charge is 2.23. The van der Waals surface area contributed by atoms with Crippen LogP contribution in [-0.4, -0.2) is 57.3 Å². The molecule has 0 amide bonds. The lowest BCUT2D eigenvalue weighted by Crippen LogP contribution is -2.45. The minimum absolute atomic E-state index is 0.584. The minimum atomic E-state index is 0.584. The van der Waals surface area contributed by atoms with Crippen molar-refractivity contribution in [2.45, 2.75) is 25.4 Å². The monoisotopic (exact) mass is 310 g/mol. The number of rotatable bonds is 7. The van der Waals surface area contributed by atoms with E-state index in [2.05, 4.69) is 38.0 Å². The molecule has 0 saturated carbocycles. The normalized spacial score (nSPS) is 19.9. The number of likely N-dealkylation sites (tertiary alicyclic amines) is 1. The van der Waals surface area contributed by atoms with Gasteiger partial charge >= 0.3 is 0 Å². The number of nitrogens with zero attached hydrogens (tertiary/aromatic N) is 2. The van der Waals surface area contributed by atoms with Gasteiger partial charge in [-0.3, -0.25) is 9.89 Å². The maximum absolute atomic E-state index is 5.18. The van der Waals surface area contributed by atoms with Crippen LogP contribution in [0.1, 0.15) is 17.7 Å². The van der Waals surface area contributed by atoms with Crippen LogP contribution in [0.15, 0.2) is 22.5 Å². The molecule has 1 aromatic heterocycles. The zero-order chi connectivity index (χ0) is 14.9. The summed E-state index contributed by atoms with van der Waals surface area (Å²) in [5.41, 5.74) is 0. The number of methoxy groups -OCH3 is 1. The van der Waals surface area contributed by atoms with E-state index in [1.54, 1.807) is 18.4 Å². The van der Waals surface area contributed by atoms with Crippen LogP contribution in [0.4, 0.5) is 0 Å². The van der Waals surface area contributed by atoms with Gasteiger partial charge in [0.1, 0.15) is 0 Å². The van der Waals surface area contributed by atoms with Crippen LogP contribution in [0.5, 0.6) is 0 Å². The predicted octanol–water partition coefficient (Wildman–Crippen LogP) is 1.52. The van der Waals surface area contributed by atoms with Gasteiger partial charge in [-0.1, -0.05) is 6.07 Å². The predicted molar refractivity (Wildman–Crippen MR) is 89.0 cm³/mol. The molecule has 118 valence electrons. The standard InChI is InChI=1S/C15H26N4OS/c1-16-15(18-12-14-6-4-10-21-14)17-11-13-5-3-7-19(13)8-9-20-2/h4,6,10,13H,3,5,7-9,11-12H2,1-2H3,(H2,16,17,18). The van der Waals surface area contributed by atoms with E-state index in [1.807, 2.05) is 7.05 Å². The molecule has 2 N–H and O–H groups in total. The van der Waals surface area contributed by atoms with Crippen molar-refractivity contribution in [3.63, 3.8) is 0 Å². The molecule has 0 spiro atoms. The molecule has 6 heteroatoms. The Kier molecular flexibility index (Phi) is 6.99. The molecule has 2 rings (SSSR count). The maximum atomic E-state index is 5.18. The molecule has 0 aromatic carbocycles. The largest absolute Gasteiger partial charge is 0.383 e. The van der Waals surface area contributed by atoms with Gasteiger partial charge in [0.05, 0.1) is 13.2 Å². The summed E-state index contributed by atoms with van der Waals surface area (Å²) in [6.07, 6.45) is 2.52. The molecule has 1 aliphatic heterocycles. The summed E-state index contributed by atoms with van der Waals surface area (Å²) in [6.45, 7) is 4.77. The number of hydrogen-bond acceptors (Lipinski definition) is 4. The number of thiophene rings is 1. The van der Waals surface area contributed by atoms with E-state index in [0.29, 0.717) is 6.04 Å². The van der Waals surface area contributed by atoms with Crippen LogP contribution < -0.4 is 10.6 Å². The first-order valence-corrected chi connectivity index (χ1v) is 8.41. The van der Waals surface area contributed by atoms with Gasteiger partial charge in [0, 0.05) is 38.2 Å². The lowest BCUT2D eigenvalue weighted by atomic mass is 10.2. The van der Waals surface area contributed by atoms with Gasteiger partial charge in [0.25, 0.3) is 0 Å². The van der Waals surface area contributed by atoms with Crippen LogP contribution in [0.25, 0.3) is 0 Å². The van der Waals surface area contributed by atoms with Gasteiger partial charge in [-0.2, -0.15) is 0 Å². The van der Waals surface area contributed by atoms with Gasteiger partial charge in [-0.25, -0.2) is 0 Å². The average Bonchev–Trinajstić information content (AvgIpc) is 3.16. The fraction of sp³-hybridized carbons (Fsp3) is 0.667. The van der Waals surface area contributed by atoms with Gasteiger partial charge < -0.3 is 15.4 Å². The van der Waals surface area contributed by atoms with Crippen molar-refractivity contribution < 1.29 is 4.74 Å². The van der Waals surface area contributed by atoms with Crippen LogP contribution >= 0.6 is 11.3 Å². The molecule has 0 aliphatic carbocycles. The lowest BCUT2D eigenvalue weighted by Gasteiger charge is -2.25. The summed E-state index contributed by atoms with van der Waals surface area (Å²) in [6, 6.07) is 4.79. The topological polar surface area (TPSA) is 48.9 Å². The molecule has 1 aliphatic rings. The Morgan fingerprint density at radius 2 is 2.43 bits per heavy atom. The minimum Gasteiger partial charge on any atom is -0.383 e. The van der Waals surface area contributed by atoms with Crippen LogP contribution in [0, 0.1) is 0 Å². The van der Waals surface area contributed by atoms with Crippen molar-refractivity contribution >= 4 is 17.3 Å². The highest BCUT2D eigenvalue weighted by molar-refractivity contribution is 7.09. The summed E-state index contributed by atoms with van der Waals surface area (Å²) >= 11 is 1.76. The number of ether oxygens (including phenoxy) is 1. The van der Waals surface area contributed by atoms with Crippen molar-refractivity contribution in [2.24, 2.45) is 4.99 Å². The molecular formula is C15H26N4OS. The van der Waals surface area contributed by atoms with Gasteiger partial charge in [-0.15, -0.1) is 11.3 Å². The van der Waals surface area contributed by atoms with E-state index in [1.165, 1.54) is 24.3 Å². The molecule has 2 heterocycles. The second-order valence-corrected chi connectivity index (χ2v) is 6.24. The molecule has 0 radical (unpaired) electrons. The molecule has 5 nitrogen and oxygen atoms in total. The van der Waals surface area contributed by atoms with Crippen LogP contribution in [0.3, 0.4) is 0 Å². The van der Waals surface area contributed by atoms with Crippen molar-refractivity contribution in [1.29, 1.82) is 0 Å². The van der Waals surface area contributed by atoms with E-state index in [0.717, 1.165) is 32.2 Å². The van der Waals surface area contributed by atoms with Crippen molar-refractivity contribution in [3.05, 3.63) is 22.4 Å². The van der Waals surface area contributed by atoms with E-state index >= 15 is 0 Å². The summed E-state index contributed by atoms with van der Waals surface area (Å²) in [5, 5.41) is 8.90. The SMILES string of the molecule is CN=C(NCc1cccs1)NCC1CCCN1CCOC. The Morgan fingerprint density at radius 1 is 1.52 bits per heavy atom. The lowest BCUT2D eigenvalue weighted by molar-refractivity contribution is 0.141. The Bertz CT molecular complexity index is 421. The maximum Gasteiger partial charge on any atom is 0.191 e. The fourth-order valence-corrected chi connectivity index (χ4v) is 3.29. The first-order chi connectivity index (χ1) is 10.3. The van der Waals surface area contributed by atoms with E-state index in [9.17, 15) is 0 Å². The highest BCUT2D eigenvalue weighted by Crippen LogP contribution is 2.15. The van der Waals surface area contributed by atoms with Crippen molar-refractivity contribution in [2.75, 3.05) is 40.4 Å². The summed E-state index contributed by atoms with van der Waals surface area (Å²) in [7, 11) is 3.58. The summed E-state index contributed by atoms with van der Waals surface area (Å²) in [4.78, 5) is 8.11. The van der Waals surface area contributed by atoms with Gasteiger partial charge in [0.15, 0.2) is 5.96 Å². The molecule has 0 bridgehead atoms. The molecule has 1 unspecified atom stereocenters. The number of nitrogens with one attached hydrogen (secondary N) is 2. The Balaban J connectivity index is 1.72. The number of aliphatic imine (C=N–C) groups is 1. The smallest absolute Gasteiger partial charge is 0.191 e. The molecule has 1 aromatic rings. The van der Waals surface area contributed by atoms with E-state index in [4.69, 9.17) is 4.74 Å². The van der Waals surface area contributed by atoms with Crippen LogP contribution in [0.2, 0.25) is 0 Å². The Labute approximate surface area is 131 Å². The van der Waals surface area contributed by atoms with E-state index in [-0.39, 0.29) is 0 Å². The molecule has 21 heavy (non-hydrogen) atoms. The molecule has 1 saturated heterocycles. The molecule has 1 fully saturated rings.